The summed E-state index contributed by atoms with van der Waals surface area (Å²) in [7, 11) is 0. The molecular weight excluding hydrogens is 294 g/mol. The van der Waals surface area contributed by atoms with Crippen LogP contribution in [0.2, 0.25) is 0 Å². The highest BCUT2D eigenvalue weighted by Crippen LogP contribution is 2.33. The number of nitrogens with two attached hydrogens (primary N) is 1. The van der Waals surface area contributed by atoms with Gasteiger partial charge < -0.3 is 25.8 Å². The van der Waals surface area contributed by atoms with E-state index in [1.165, 1.54) is 24.1 Å². The number of aromatic nitrogens is 4. The molecule has 2 aromatic heterocycles. The third-order valence-corrected chi connectivity index (χ3v) is 3.66. The number of aliphatic hydroxyl groups is 3. The van der Waals surface area contributed by atoms with E-state index in [-0.39, 0.29) is 5.82 Å². The van der Waals surface area contributed by atoms with Crippen LogP contribution >= 0.6 is 0 Å². The van der Waals surface area contributed by atoms with E-state index in [0.29, 0.717) is 11.2 Å². The summed E-state index contributed by atoms with van der Waals surface area (Å²) in [6, 6.07) is 0. The summed E-state index contributed by atoms with van der Waals surface area (Å²) in [5, 5.41) is 29.9. The first-order valence-electron chi connectivity index (χ1n) is 6.55. The Hall–Kier alpha value is -2.14. The molecule has 0 bridgehead atoms. The maximum atomic E-state index is 11.3. The zero-order valence-corrected chi connectivity index (χ0v) is 11.6. The van der Waals surface area contributed by atoms with Gasteiger partial charge in [0, 0.05) is 0 Å². The summed E-state index contributed by atoms with van der Waals surface area (Å²) in [5.41, 5.74) is 6.31. The van der Waals surface area contributed by atoms with Crippen LogP contribution in [-0.2, 0) is 9.53 Å². The minimum Gasteiger partial charge on any atom is -0.387 e. The summed E-state index contributed by atoms with van der Waals surface area (Å²) < 4.78 is 6.82. The third kappa shape index (κ3) is 2.13. The van der Waals surface area contributed by atoms with Gasteiger partial charge in [-0.25, -0.2) is 15.0 Å². The van der Waals surface area contributed by atoms with Crippen molar-refractivity contribution >= 4 is 22.8 Å². The Labute approximate surface area is 124 Å². The highest BCUT2D eigenvalue weighted by atomic mass is 16.6. The molecule has 1 aliphatic heterocycles. The van der Waals surface area contributed by atoms with Crippen molar-refractivity contribution in [1.29, 1.82) is 0 Å². The van der Waals surface area contributed by atoms with E-state index in [1.807, 2.05) is 0 Å². The van der Waals surface area contributed by atoms with E-state index in [2.05, 4.69) is 15.0 Å². The predicted molar refractivity (Wildman–Crippen MR) is 72.3 cm³/mol. The number of fused-ring (bicyclic) bond motifs is 1. The first-order valence-corrected chi connectivity index (χ1v) is 6.55. The molecule has 10 nitrogen and oxygen atoms in total. The smallest absolute Gasteiger partial charge is 0.167 e. The molecule has 0 amide bonds. The Balaban J connectivity index is 1.98. The van der Waals surface area contributed by atoms with Gasteiger partial charge in [0.2, 0.25) is 0 Å². The van der Waals surface area contributed by atoms with Gasteiger partial charge in [0.1, 0.15) is 36.3 Å². The zero-order chi connectivity index (χ0) is 16.0. The first kappa shape index (κ1) is 14.8. The van der Waals surface area contributed by atoms with E-state index in [4.69, 9.17) is 10.5 Å². The van der Waals surface area contributed by atoms with Gasteiger partial charge in [0.15, 0.2) is 23.5 Å². The first-order chi connectivity index (χ1) is 10.4. The largest absolute Gasteiger partial charge is 0.387 e. The summed E-state index contributed by atoms with van der Waals surface area (Å²) in [6.45, 7) is 1.17. The van der Waals surface area contributed by atoms with Gasteiger partial charge >= 0.3 is 0 Å². The molecule has 0 radical (unpaired) electrons. The number of aliphatic hydroxyl groups excluding tert-OH is 3. The van der Waals surface area contributed by atoms with Crippen LogP contribution in [0, 0.1) is 0 Å². The topological polar surface area (TPSA) is 157 Å². The number of nitrogen functional groups attached to an aromatic ring is 1. The predicted octanol–water partition coefficient (Wildman–Crippen LogP) is -2.02. The lowest BCUT2D eigenvalue weighted by Gasteiger charge is -2.18. The zero-order valence-electron chi connectivity index (χ0n) is 11.6. The van der Waals surface area contributed by atoms with Crippen molar-refractivity contribution in [2.24, 2.45) is 0 Å². The molecule has 5 N–H and O–H groups in total. The molecule has 3 rings (SSSR count). The summed E-state index contributed by atoms with van der Waals surface area (Å²) >= 11 is 0. The molecule has 3 heterocycles. The second-order valence-electron chi connectivity index (χ2n) is 5.11. The van der Waals surface area contributed by atoms with Crippen molar-refractivity contribution in [1.82, 2.24) is 19.5 Å². The van der Waals surface area contributed by atoms with Crippen molar-refractivity contribution in [2.45, 2.75) is 37.6 Å². The van der Waals surface area contributed by atoms with Gasteiger partial charge in [-0.2, -0.15) is 0 Å². The molecular formula is C12H15N5O5. The SMILES string of the molecule is CC(=O)C(O)[C@H]1O[C@@H](n2cnc3c(N)ncnc32)[C@H](O)[C@@H]1O. The normalized spacial score (nSPS) is 29.8. The third-order valence-electron chi connectivity index (χ3n) is 3.66. The van der Waals surface area contributed by atoms with Crippen molar-refractivity contribution < 1.29 is 24.9 Å². The number of rotatable bonds is 3. The van der Waals surface area contributed by atoms with Gasteiger partial charge in [-0.1, -0.05) is 0 Å². The summed E-state index contributed by atoms with van der Waals surface area (Å²) in [4.78, 5) is 23.1. The molecule has 1 fully saturated rings. The maximum absolute atomic E-state index is 11.3. The average Bonchev–Trinajstić information content (AvgIpc) is 3.02. The molecule has 1 saturated heterocycles. The van der Waals surface area contributed by atoms with Crippen LogP contribution in [0.4, 0.5) is 5.82 Å². The molecule has 5 atom stereocenters. The van der Waals surface area contributed by atoms with Crippen LogP contribution in [0.1, 0.15) is 13.2 Å². The lowest BCUT2D eigenvalue weighted by molar-refractivity contribution is -0.139. The number of anilines is 1. The number of hydrogen-bond acceptors (Lipinski definition) is 9. The lowest BCUT2D eigenvalue weighted by atomic mass is 10.0. The number of nitrogens with zero attached hydrogens (tertiary/aromatic N) is 4. The van der Waals surface area contributed by atoms with E-state index < -0.39 is 36.4 Å². The Kier molecular flexibility index (Phi) is 3.53. The number of carbonyl (C=O) groups is 1. The highest BCUT2D eigenvalue weighted by molar-refractivity contribution is 5.81. The standard InChI is InChI=1S/C12H15N5O5/c1-4(18)6(19)9-7(20)8(21)12(22-9)17-3-16-5-10(13)14-2-15-11(5)17/h2-3,6-9,12,19-21H,1H3,(H2,13,14,15)/t6?,7-,8+,9+,12+/m0/s1. The molecule has 2 aromatic rings. The number of hydrogen-bond donors (Lipinski definition) is 4. The number of ketones is 1. The Morgan fingerprint density at radius 3 is 2.77 bits per heavy atom. The van der Waals surface area contributed by atoms with Crippen LogP contribution in [0.25, 0.3) is 11.2 Å². The second-order valence-corrected chi connectivity index (χ2v) is 5.11. The lowest BCUT2D eigenvalue weighted by Crippen LogP contribution is -2.42. The number of ether oxygens (including phenoxy) is 1. The van der Waals surface area contributed by atoms with E-state index in [1.54, 1.807) is 0 Å². The van der Waals surface area contributed by atoms with E-state index >= 15 is 0 Å². The molecule has 10 heteroatoms. The Bertz CT molecular complexity index is 719. The van der Waals surface area contributed by atoms with Gasteiger partial charge in [-0.15, -0.1) is 0 Å². The van der Waals surface area contributed by atoms with Crippen LogP contribution in [0.3, 0.4) is 0 Å². The van der Waals surface area contributed by atoms with E-state index in [9.17, 15) is 20.1 Å². The van der Waals surface area contributed by atoms with Gasteiger partial charge in [-0.05, 0) is 6.92 Å². The van der Waals surface area contributed by atoms with Crippen LogP contribution < -0.4 is 5.73 Å². The monoisotopic (exact) mass is 309 g/mol. The summed E-state index contributed by atoms with van der Waals surface area (Å²) in [5.74, 6) is -0.406. The number of carbonyl (C=O) groups excluding carboxylic acids is 1. The maximum Gasteiger partial charge on any atom is 0.167 e. The molecule has 0 spiro atoms. The fourth-order valence-corrected chi connectivity index (χ4v) is 2.46. The fraction of sp³-hybridized carbons (Fsp3) is 0.500. The minimum atomic E-state index is -1.54. The second kappa shape index (κ2) is 5.25. The van der Waals surface area contributed by atoms with Crippen molar-refractivity contribution in [3.63, 3.8) is 0 Å². The quantitative estimate of drug-likeness (QED) is 0.502. The van der Waals surface area contributed by atoms with Crippen LogP contribution in [0.15, 0.2) is 12.7 Å². The molecule has 0 aromatic carbocycles. The molecule has 0 aliphatic carbocycles. The fourth-order valence-electron chi connectivity index (χ4n) is 2.46. The number of Topliss-reactive ketones (excluding diaryl/α,β-unsaturated/α-hetero) is 1. The average molecular weight is 309 g/mol. The van der Waals surface area contributed by atoms with Crippen molar-refractivity contribution in [3.05, 3.63) is 12.7 Å². The van der Waals surface area contributed by atoms with E-state index in [0.717, 1.165) is 0 Å². The molecule has 22 heavy (non-hydrogen) atoms. The number of imidazole rings is 1. The van der Waals surface area contributed by atoms with Crippen molar-refractivity contribution in [2.75, 3.05) is 5.73 Å². The molecule has 1 aliphatic rings. The summed E-state index contributed by atoms with van der Waals surface area (Å²) in [6.07, 6.45) is -4.08. The molecule has 1 unspecified atom stereocenters. The Morgan fingerprint density at radius 1 is 1.36 bits per heavy atom. The minimum absolute atomic E-state index is 0.164. The van der Waals surface area contributed by atoms with Crippen LogP contribution in [-0.4, -0.2) is 65.0 Å². The molecule has 118 valence electrons. The highest BCUT2D eigenvalue weighted by Gasteiger charge is 2.48. The van der Waals surface area contributed by atoms with Gasteiger partial charge in [0.25, 0.3) is 0 Å². The van der Waals surface area contributed by atoms with Gasteiger partial charge in [-0.3, -0.25) is 9.36 Å². The Morgan fingerprint density at radius 2 is 2.09 bits per heavy atom. The molecule has 0 saturated carbocycles. The van der Waals surface area contributed by atoms with Gasteiger partial charge in [0.05, 0.1) is 6.33 Å². The van der Waals surface area contributed by atoms with Crippen molar-refractivity contribution in [3.8, 4) is 0 Å². The van der Waals surface area contributed by atoms with Crippen LogP contribution in [0.5, 0.6) is 0 Å².